The fourth-order valence-corrected chi connectivity index (χ4v) is 3.90. The van der Waals surface area contributed by atoms with Crippen LogP contribution in [-0.4, -0.2) is 59.0 Å². The van der Waals surface area contributed by atoms with Gasteiger partial charge in [-0.3, -0.25) is 24.1 Å². The highest BCUT2D eigenvalue weighted by atomic mass is 19.1. The molecule has 2 aliphatic rings. The van der Waals surface area contributed by atoms with Crippen molar-refractivity contribution in [3.05, 3.63) is 75.2 Å². The molecule has 2 amide bonds. The zero-order valence-electron chi connectivity index (χ0n) is 17.9. The third kappa shape index (κ3) is 3.95. The molecular formula is C22H22F2N4O5. The molecule has 174 valence electrons. The molecule has 11 heteroatoms. The van der Waals surface area contributed by atoms with Crippen LogP contribution < -0.4 is 15.8 Å². The number of aromatic hydroxyl groups is 1. The average Bonchev–Trinajstić information content (AvgIpc) is 2.91. The second-order valence-corrected chi connectivity index (χ2v) is 7.84. The molecule has 1 aromatic heterocycles. The quantitative estimate of drug-likeness (QED) is 0.648. The van der Waals surface area contributed by atoms with Gasteiger partial charge in [0, 0.05) is 37.5 Å². The Morgan fingerprint density at radius 2 is 2.03 bits per heavy atom. The maximum atomic E-state index is 13.9. The average molecular weight is 460 g/mol. The second-order valence-electron chi connectivity index (χ2n) is 7.84. The highest BCUT2D eigenvalue weighted by molar-refractivity contribution is 5.99. The van der Waals surface area contributed by atoms with E-state index in [1.54, 1.807) is 5.01 Å². The lowest BCUT2D eigenvalue weighted by atomic mass is 10.1. The van der Waals surface area contributed by atoms with Gasteiger partial charge in [-0.05, 0) is 13.0 Å². The van der Waals surface area contributed by atoms with Gasteiger partial charge in [-0.15, -0.1) is 0 Å². The van der Waals surface area contributed by atoms with E-state index in [9.17, 15) is 28.3 Å². The van der Waals surface area contributed by atoms with Gasteiger partial charge in [0.15, 0.2) is 11.4 Å². The van der Waals surface area contributed by atoms with E-state index in [-0.39, 0.29) is 43.2 Å². The Balaban J connectivity index is 1.72. The lowest BCUT2D eigenvalue weighted by Gasteiger charge is -2.42. The summed E-state index contributed by atoms with van der Waals surface area (Å²) in [6.45, 7) is 1.89. The van der Waals surface area contributed by atoms with E-state index in [2.05, 4.69) is 5.32 Å². The number of pyridine rings is 1. The molecule has 2 unspecified atom stereocenters. The highest BCUT2D eigenvalue weighted by Gasteiger charge is 2.39. The number of carbonyl (C=O) groups is 2. The molecule has 0 aliphatic carbocycles. The Hall–Kier alpha value is -3.73. The number of nitrogens with zero attached hydrogens (tertiary/aromatic N) is 3. The number of amides is 2. The first kappa shape index (κ1) is 22.5. The minimum Gasteiger partial charge on any atom is -0.502 e. The fraction of sp³-hybridized carbons (Fsp3) is 0.318. The maximum absolute atomic E-state index is 13.9. The Kier molecular flexibility index (Phi) is 5.90. The van der Waals surface area contributed by atoms with Crippen molar-refractivity contribution in [3.63, 3.8) is 0 Å². The van der Waals surface area contributed by atoms with Crippen LogP contribution in [0.1, 0.15) is 33.3 Å². The van der Waals surface area contributed by atoms with Crippen LogP contribution in [0.5, 0.6) is 5.75 Å². The van der Waals surface area contributed by atoms with Gasteiger partial charge in [-0.2, -0.15) is 0 Å². The highest BCUT2D eigenvalue weighted by Crippen LogP contribution is 2.26. The predicted octanol–water partition coefficient (Wildman–Crippen LogP) is 1.09. The minimum atomic E-state index is -1.03. The van der Waals surface area contributed by atoms with Gasteiger partial charge in [0.1, 0.15) is 23.9 Å². The molecule has 33 heavy (non-hydrogen) atoms. The van der Waals surface area contributed by atoms with Gasteiger partial charge in [0.2, 0.25) is 5.43 Å². The van der Waals surface area contributed by atoms with E-state index in [0.717, 1.165) is 6.07 Å². The third-order valence-electron chi connectivity index (χ3n) is 5.72. The Bertz CT molecular complexity index is 1210. The van der Waals surface area contributed by atoms with Crippen molar-refractivity contribution in [2.45, 2.75) is 25.6 Å². The number of rotatable bonds is 5. The largest absolute Gasteiger partial charge is 0.502 e. The SMILES string of the molecule is COCC1C=CC(C)N2CN1n1cc(C(=O)NCc3ccc(F)cc3F)c(=O)c(O)c1C2=O. The van der Waals surface area contributed by atoms with Crippen LogP contribution in [-0.2, 0) is 11.3 Å². The number of aromatic nitrogens is 1. The number of hydrogen-bond donors (Lipinski definition) is 2. The number of hydrogen-bond acceptors (Lipinski definition) is 6. The first-order chi connectivity index (χ1) is 15.7. The van der Waals surface area contributed by atoms with Crippen molar-refractivity contribution < 1.29 is 28.2 Å². The predicted molar refractivity (Wildman–Crippen MR) is 113 cm³/mol. The number of nitrogens with one attached hydrogen (secondary N) is 1. The molecule has 2 N–H and O–H groups in total. The summed E-state index contributed by atoms with van der Waals surface area (Å²) in [5.41, 5.74) is -1.71. The molecule has 2 bridgehead atoms. The summed E-state index contributed by atoms with van der Waals surface area (Å²) >= 11 is 0. The van der Waals surface area contributed by atoms with Crippen molar-refractivity contribution in [1.82, 2.24) is 14.9 Å². The van der Waals surface area contributed by atoms with Crippen LogP contribution in [0.2, 0.25) is 0 Å². The Morgan fingerprint density at radius 1 is 1.27 bits per heavy atom. The van der Waals surface area contributed by atoms with Crippen LogP contribution in [0.4, 0.5) is 8.78 Å². The van der Waals surface area contributed by atoms with Crippen molar-refractivity contribution >= 4 is 11.8 Å². The van der Waals surface area contributed by atoms with Gasteiger partial charge in [0.25, 0.3) is 11.8 Å². The first-order valence-electron chi connectivity index (χ1n) is 10.2. The van der Waals surface area contributed by atoms with Crippen LogP contribution in [0, 0.1) is 11.6 Å². The fourth-order valence-electron chi connectivity index (χ4n) is 3.90. The normalized spacial score (nSPS) is 19.3. The molecule has 3 heterocycles. The van der Waals surface area contributed by atoms with Crippen molar-refractivity contribution in [2.75, 3.05) is 25.4 Å². The Morgan fingerprint density at radius 3 is 2.73 bits per heavy atom. The summed E-state index contributed by atoms with van der Waals surface area (Å²) in [7, 11) is 1.52. The molecule has 0 saturated carbocycles. The maximum Gasteiger partial charge on any atom is 0.278 e. The number of ether oxygens (including phenoxy) is 1. The second kappa shape index (κ2) is 8.66. The van der Waals surface area contributed by atoms with Gasteiger partial charge in [0.05, 0.1) is 12.6 Å². The van der Waals surface area contributed by atoms with Crippen LogP contribution in [0.25, 0.3) is 0 Å². The number of fused-ring (bicyclic) bond motifs is 4. The number of carbonyl (C=O) groups excluding carboxylic acids is 2. The van der Waals surface area contributed by atoms with E-state index < -0.39 is 40.2 Å². The number of methoxy groups -OCH3 is 1. The van der Waals surface area contributed by atoms with E-state index in [1.807, 2.05) is 19.1 Å². The molecule has 0 spiro atoms. The van der Waals surface area contributed by atoms with Gasteiger partial charge < -0.3 is 20.1 Å². The molecule has 1 aromatic carbocycles. The van der Waals surface area contributed by atoms with Gasteiger partial charge >= 0.3 is 0 Å². The van der Waals surface area contributed by atoms with Crippen LogP contribution >= 0.6 is 0 Å². The van der Waals surface area contributed by atoms with Gasteiger partial charge in [-0.1, -0.05) is 18.2 Å². The van der Waals surface area contributed by atoms with E-state index in [1.165, 1.54) is 28.9 Å². The lowest BCUT2D eigenvalue weighted by Crippen LogP contribution is -2.58. The molecule has 0 fully saturated rings. The van der Waals surface area contributed by atoms with Gasteiger partial charge in [-0.25, -0.2) is 8.78 Å². The first-order valence-corrected chi connectivity index (χ1v) is 10.2. The number of halogens is 2. The molecule has 0 saturated heterocycles. The number of benzene rings is 1. The summed E-state index contributed by atoms with van der Waals surface area (Å²) in [6.07, 6.45) is 4.85. The molecule has 2 aromatic rings. The summed E-state index contributed by atoms with van der Waals surface area (Å²) < 4.78 is 33.5. The summed E-state index contributed by atoms with van der Waals surface area (Å²) in [4.78, 5) is 40.0. The summed E-state index contributed by atoms with van der Waals surface area (Å²) in [6, 6.07) is 2.27. The van der Waals surface area contributed by atoms with Crippen molar-refractivity contribution in [2.24, 2.45) is 0 Å². The van der Waals surface area contributed by atoms with Crippen molar-refractivity contribution in [1.29, 1.82) is 0 Å². The van der Waals surface area contributed by atoms with E-state index in [4.69, 9.17) is 4.74 Å². The Labute approximate surface area is 187 Å². The van der Waals surface area contributed by atoms with Crippen LogP contribution in [0.15, 0.2) is 41.3 Å². The molecule has 4 rings (SSSR count). The summed E-state index contributed by atoms with van der Waals surface area (Å²) in [5.74, 6) is -3.91. The van der Waals surface area contributed by atoms with E-state index in [0.29, 0.717) is 6.07 Å². The standard InChI is InChI=1S/C22H22F2N4O5/c1-12-3-6-15(10-33-2)28-11-26(12)22(32)18-20(30)19(29)16(9-27(18)28)21(31)25-8-13-4-5-14(23)7-17(13)24/h3-7,9,12,15,30H,8,10-11H2,1-2H3,(H,25,31). The minimum absolute atomic E-state index is 0.0182. The van der Waals surface area contributed by atoms with E-state index >= 15 is 0 Å². The zero-order valence-corrected chi connectivity index (χ0v) is 17.9. The molecule has 2 aliphatic heterocycles. The smallest absolute Gasteiger partial charge is 0.278 e. The lowest BCUT2D eigenvalue weighted by molar-refractivity contribution is 0.0638. The molecule has 2 atom stereocenters. The third-order valence-corrected chi connectivity index (χ3v) is 5.72. The van der Waals surface area contributed by atoms with Crippen LogP contribution in [0.3, 0.4) is 0 Å². The monoisotopic (exact) mass is 460 g/mol. The zero-order chi connectivity index (χ0) is 23.9. The topological polar surface area (TPSA) is 104 Å². The molecule has 0 radical (unpaired) electrons. The summed E-state index contributed by atoms with van der Waals surface area (Å²) in [5, 5.41) is 14.7. The molecule has 9 nitrogen and oxygen atoms in total. The van der Waals surface area contributed by atoms with Crippen molar-refractivity contribution in [3.8, 4) is 5.75 Å². The molecular weight excluding hydrogens is 438 g/mol.